The highest BCUT2D eigenvalue weighted by Crippen LogP contribution is 2.10. The zero-order chi connectivity index (χ0) is 14.5. The molecule has 104 valence electrons. The first-order valence-electron chi connectivity index (χ1n) is 5.91. The van der Waals surface area contributed by atoms with Crippen LogP contribution < -0.4 is 5.32 Å². The molecule has 5 heteroatoms. The molecule has 0 unspecified atom stereocenters. The lowest BCUT2D eigenvalue weighted by molar-refractivity contribution is -0.131. The zero-order valence-electron chi connectivity index (χ0n) is 12.1. The van der Waals surface area contributed by atoms with Crippen molar-refractivity contribution in [2.24, 2.45) is 5.92 Å². The van der Waals surface area contributed by atoms with Crippen LogP contribution in [0, 0.1) is 5.92 Å². The second-order valence-corrected chi connectivity index (χ2v) is 5.45. The fourth-order valence-corrected chi connectivity index (χ4v) is 1.27. The molecule has 0 heterocycles. The molecular weight excluding hydrogens is 232 g/mol. The van der Waals surface area contributed by atoms with Crippen LogP contribution in [0.25, 0.3) is 0 Å². The zero-order valence-corrected chi connectivity index (χ0v) is 12.1. The normalized spacial score (nSPS) is 14.3. The molecule has 0 aliphatic carbocycles. The Morgan fingerprint density at radius 3 is 2.17 bits per heavy atom. The quantitative estimate of drug-likeness (QED) is 0.780. The predicted molar refractivity (Wildman–Crippen MR) is 71.2 cm³/mol. The first-order chi connectivity index (χ1) is 8.08. The average Bonchev–Trinajstić information content (AvgIpc) is 2.21. The highest BCUT2D eigenvalue weighted by Gasteiger charge is 2.28. The molecule has 0 spiro atoms. The molecule has 0 bridgehead atoms. The topological polar surface area (TPSA) is 58.6 Å². The summed E-state index contributed by atoms with van der Waals surface area (Å²) in [5.41, 5.74) is -0.590. The van der Waals surface area contributed by atoms with E-state index < -0.39 is 17.7 Å². The Bertz CT molecular complexity index is 319. The van der Waals surface area contributed by atoms with Gasteiger partial charge >= 0.3 is 6.09 Å². The molecule has 0 aromatic carbocycles. The van der Waals surface area contributed by atoms with Crippen LogP contribution in [0.3, 0.4) is 0 Å². The molecule has 0 fully saturated rings. The molecule has 0 aliphatic heterocycles. The third-order valence-electron chi connectivity index (χ3n) is 2.28. The van der Waals surface area contributed by atoms with Crippen LogP contribution in [-0.2, 0) is 9.53 Å². The maximum atomic E-state index is 12.0. The molecule has 0 saturated carbocycles. The average molecular weight is 256 g/mol. The van der Waals surface area contributed by atoms with Crippen molar-refractivity contribution in [2.45, 2.75) is 39.3 Å². The fourth-order valence-electron chi connectivity index (χ4n) is 1.27. The van der Waals surface area contributed by atoms with Crippen molar-refractivity contribution in [2.75, 3.05) is 14.1 Å². The van der Waals surface area contributed by atoms with Crippen LogP contribution in [0.5, 0.6) is 0 Å². The second-order valence-electron chi connectivity index (χ2n) is 5.45. The minimum atomic E-state index is -0.660. The molecule has 2 amide bonds. The predicted octanol–water partition coefficient (Wildman–Crippen LogP) is 1.79. The molecule has 0 saturated heterocycles. The molecule has 0 aromatic heterocycles. The lowest BCUT2D eigenvalue weighted by atomic mass is 10.0. The number of nitrogens with zero attached hydrogens (tertiary/aromatic N) is 1. The van der Waals surface area contributed by atoms with E-state index >= 15 is 0 Å². The highest BCUT2D eigenvalue weighted by atomic mass is 16.6. The minimum Gasteiger partial charge on any atom is -0.444 e. The number of hydrogen-bond donors (Lipinski definition) is 1. The van der Waals surface area contributed by atoms with E-state index in [4.69, 9.17) is 4.74 Å². The van der Waals surface area contributed by atoms with Gasteiger partial charge in [-0.1, -0.05) is 13.0 Å². The second kappa shape index (κ2) is 6.42. The van der Waals surface area contributed by atoms with Crippen molar-refractivity contribution in [1.82, 2.24) is 10.2 Å². The monoisotopic (exact) mass is 256 g/mol. The van der Waals surface area contributed by atoms with E-state index in [-0.39, 0.29) is 11.8 Å². The van der Waals surface area contributed by atoms with E-state index in [0.29, 0.717) is 0 Å². The summed E-state index contributed by atoms with van der Waals surface area (Å²) in [6.45, 7) is 10.8. The van der Waals surface area contributed by atoms with Gasteiger partial charge in [0.1, 0.15) is 11.6 Å². The summed E-state index contributed by atoms with van der Waals surface area (Å²) in [6.07, 6.45) is 1.03. The smallest absolute Gasteiger partial charge is 0.408 e. The Morgan fingerprint density at radius 2 is 1.83 bits per heavy atom. The summed E-state index contributed by atoms with van der Waals surface area (Å²) >= 11 is 0. The van der Waals surface area contributed by atoms with Crippen molar-refractivity contribution in [3.05, 3.63) is 12.7 Å². The third kappa shape index (κ3) is 5.70. The number of amides is 2. The van der Waals surface area contributed by atoms with E-state index in [1.165, 1.54) is 4.90 Å². The Hall–Kier alpha value is -1.52. The molecule has 2 atom stereocenters. The summed E-state index contributed by atoms with van der Waals surface area (Å²) < 4.78 is 5.14. The van der Waals surface area contributed by atoms with Crippen molar-refractivity contribution < 1.29 is 14.3 Å². The van der Waals surface area contributed by atoms with Gasteiger partial charge in [0.15, 0.2) is 0 Å². The van der Waals surface area contributed by atoms with Gasteiger partial charge in [-0.05, 0) is 20.8 Å². The Morgan fingerprint density at radius 1 is 1.33 bits per heavy atom. The number of likely N-dealkylation sites (N-methyl/N-ethyl adjacent to an activating group) is 1. The van der Waals surface area contributed by atoms with E-state index in [1.54, 1.807) is 40.9 Å². The number of ether oxygens (including phenoxy) is 1. The molecule has 1 N–H and O–H groups in total. The molecule has 18 heavy (non-hydrogen) atoms. The van der Waals surface area contributed by atoms with Gasteiger partial charge in [0, 0.05) is 20.0 Å². The van der Waals surface area contributed by atoms with Crippen LogP contribution in [0.4, 0.5) is 4.79 Å². The van der Waals surface area contributed by atoms with Crippen LogP contribution in [0.15, 0.2) is 12.7 Å². The number of hydrogen-bond acceptors (Lipinski definition) is 3. The van der Waals surface area contributed by atoms with E-state index in [1.807, 2.05) is 6.92 Å². The van der Waals surface area contributed by atoms with Crippen molar-refractivity contribution in [3.8, 4) is 0 Å². The van der Waals surface area contributed by atoms with Gasteiger partial charge in [0.25, 0.3) is 0 Å². The van der Waals surface area contributed by atoms with Crippen molar-refractivity contribution in [1.29, 1.82) is 0 Å². The summed E-state index contributed by atoms with van der Waals surface area (Å²) in [6, 6.07) is -0.660. The third-order valence-corrected chi connectivity index (χ3v) is 2.28. The number of nitrogens with one attached hydrogen (secondary N) is 1. The Labute approximate surface area is 109 Å². The first-order valence-corrected chi connectivity index (χ1v) is 5.91. The maximum absolute atomic E-state index is 12.0. The minimum absolute atomic E-state index is 0.174. The molecule has 0 rings (SSSR count). The Kier molecular flexibility index (Phi) is 5.88. The molecule has 0 aromatic rings. The van der Waals surface area contributed by atoms with E-state index in [2.05, 4.69) is 11.9 Å². The van der Waals surface area contributed by atoms with Gasteiger partial charge in [0.2, 0.25) is 5.91 Å². The van der Waals surface area contributed by atoms with Gasteiger partial charge < -0.3 is 15.0 Å². The van der Waals surface area contributed by atoms with Gasteiger partial charge in [-0.25, -0.2) is 4.79 Å². The SMILES string of the molecule is C=C[C@H](C)[C@H](NC(=O)OC(C)(C)C)C(=O)N(C)C. The van der Waals surface area contributed by atoms with Crippen LogP contribution >= 0.6 is 0 Å². The van der Waals surface area contributed by atoms with Gasteiger partial charge in [-0.15, -0.1) is 6.58 Å². The van der Waals surface area contributed by atoms with Crippen molar-refractivity contribution in [3.63, 3.8) is 0 Å². The highest BCUT2D eigenvalue weighted by molar-refractivity contribution is 5.85. The molecule has 0 radical (unpaired) electrons. The molecule has 5 nitrogen and oxygen atoms in total. The van der Waals surface area contributed by atoms with E-state index in [9.17, 15) is 9.59 Å². The lowest BCUT2D eigenvalue weighted by Crippen LogP contribution is -2.50. The van der Waals surface area contributed by atoms with Crippen LogP contribution in [0.2, 0.25) is 0 Å². The summed E-state index contributed by atoms with van der Waals surface area (Å²) in [7, 11) is 3.28. The molecule has 0 aliphatic rings. The maximum Gasteiger partial charge on any atom is 0.408 e. The number of carbonyl (C=O) groups is 2. The van der Waals surface area contributed by atoms with E-state index in [0.717, 1.165) is 0 Å². The van der Waals surface area contributed by atoms with Crippen molar-refractivity contribution >= 4 is 12.0 Å². The van der Waals surface area contributed by atoms with Gasteiger partial charge in [0.05, 0.1) is 0 Å². The number of carbonyl (C=O) groups excluding carboxylic acids is 2. The fraction of sp³-hybridized carbons (Fsp3) is 0.692. The number of rotatable bonds is 4. The summed E-state index contributed by atoms with van der Waals surface area (Å²) in [4.78, 5) is 25.1. The number of alkyl carbamates (subject to hydrolysis) is 1. The largest absolute Gasteiger partial charge is 0.444 e. The Balaban J connectivity index is 4.76. The molecular formula is C13H24N2O3. The van der Waals surface area contributed by atoms with Crippen LogP contribution in [-0.4, -0.2) is 42.6 Å². The van der Waals surface area contributed by atoms with Gasteiger partial charge in [-0.2, -0.15) is 0 Å². The standard InChI is InChI=1S/C13H24N2O3/c1-8-9(2)10(11(16)15(6)7)14-12(17)18-13(3,4)5/h8-10H,1H2,2-7H3,(H,14,17)/t9-,10-/m0/s1. The summed E-state index contributed by atoms with van der Waals surface area (Å²) in [5, 5.41) is 2.58. The lowest BCUT2D eigenvalue weighted by Gasteiger charge is -2.27. The first kappa shape index (κ1) is 16.5. The van der Waals surface area contributed by atoms with Crippen LogP contribution in [0.1, 0.15) is 27.7 Å². The van der Waals surface area contributed by atoms with Gasteiger partial charge in [-0.3, -0.25) is 4.79 Å². The summed E-state index contributed by atoms with van der Waals surface area (Å²) in [5.74, 6) is -0.360.